The van der Waals surface area contributed by atoms with Gasteiger partial charge in [0.05, 0.1) is 23.9 Å². The van der Waals surface area contributed by atoms with Crippen molar-refractivity contribution < 1.29 is 27.8 Å². The minimum atomic E-state index is -1.03. The van der Waals surface area contributed by atoms with Gasteiger partial charge >= 0.3 is 12.1 Å². The molecule has 1 aliphatic heterocycles. The summed E-state index contributed by atoms with van der Waals surface area (Å²) in [6, 6.07) is 0.478. The number of hydrogen-bond donors (Lipinski definition) is 1. The van der Waals surface area contributed by atoms with E-state index in [1.54, 1.807) is 27.7 Å². The van der Waals surface area contributed by atoms with Crippen LogP contribution in [0.5, 0.6) is 0 Å². The van der Waals surface area contributed by atoms with Crippen LogP contribution in [0.2, 0.25) is 5.02 Å². The van der Waals surface area contributed by atoms with Crippen LogP contribution in [0.15, 0.2) is 6.07 Å². The van der Waals surface area contributed by atoms with Gasteiger partial charge in [-0.25, -0.2) is 18.4 Å². The molecule has 0 aromatic heterocycles. The van der Waals surface area contributed by atoms with Crippen LogP contribution >= 0.6 is 11.6 Å². The Morgan fingerprint density at radius 1 is 1.37 bits per heavy atom. The van der Waals surface area contributed by atoms with E-state index in [2.05, 4.69) is 5.32 Å². The number of hydrogen-bond acceptors (Lipinski definition) is 5. The molecule has 1 saturated heterocycles. The fourth-order valence-corrected chi connectivity index (χ4v) is 3.10. The number of anilines is 1. The van der Waals surface area contributed by atoms with E-state index in [1.807, 2.05) is 0 Å². The summed E-state index contributed by atoms with van der Waals surface area (Å²) < 4.78 is 38.9. The molecule has 1 aromatic rings. The highest BCUT2D eigenvalue weighted by molar-refractivity contribution is 6.33. The van der Waals surface area contributed by atoms with Gasteiger partial charge in [0, 0.05) is 13.1 Å². The van der Waals surface area contributed by atoms with E-state index in [0.717, 1.165) is 6.07 Å². The smallest absolute Gasteiger partial charge is 0.407 e. The maximum absolute atomic E-state index is 14.5. The van der Waals surface area contributed by atoms with Gasteiger partial charge in [-0.1, -0.05) is 11.6 Å². The zero-order chi connectivity index (χ0) is 20.4. The number of nitrogens with one attached hydrogen (secondary N) is 1. The number of esters is 1. The minimum Gasteiger partial charge on any atom is -0.462 e. The van der Waals surface area contributed by atoms with E-state index in [4.69, 9.17) is 21.1 Å². The quantitative estimate of drug-likeness (QED) is 0.609. The lowest BCUT2D eigenvalue weighted by Crippen LogP contribution is -2.40. The lowest BCUT2D eigenvalue weighted by molar-refractivity contribution is 0.0502. The fraction of sp³-hybridized carbons (Fsp3) is 0.556. The van der Waals surface area contributed by atoms with Gasteiger partial charge in [-0.15, -0.1) is 0 Å². The standard InChI is InChI=1S/C18H23ClF2N2O4/c1-5-26-16(24)11-8-12(20)15(13(19)14(11)21)23-7-6-10(9-23)22-17(25)27-18(2,3)4/h8,10H,5-7,9H2,1-4H3,(H,22,25). The van der Waals surface area contributed by atoms with Crippen molar-refractivity contribution in [1.82, 2.24) is 5.32 Å². The van der Waals surface area contributed by atoms with Crippen LogP contribution in [0.1, 0.15) is 44.5 Å². The number of benzene rings is 1. The van der Waals surface area contributed by atoms with E-state index >= 15 is 0 Å². The number of ether oxygens (including phenoxy) is 2. The zero-order valence-electron chi connectivity index (χ0n) is 15.7. The molecule has 0 saturated carbocycles. The third-order valence-electron chi connectivity index (χ3n) is 3.86. The summed E-state index contributed by atoms with van der Waals surface area (Å²) in [4.78, 5) is 25.1. The van der Waals surface area contributed by atoms with Gasteiger partial charge in [0.15, 0.2) is 5.82 Å². The molecule has 0 bridgehead atoms. The molecule has 2 rings (SSSR count). The SMILES string of the molecule is CCOC(=O)c1cc(F)c(N2CCC(NC(=O)OC(C)(C)C)C2)c(Cl)c1F. The predicted molar refractivity (Wildman–Crippen MR) is 97.3 cm³/mol. The molecular formula is C18H23ClF2N2O4. The summed E-state index contributed by atoms with van der Waals surface area (Å²) in [6.45, 7) is 7.42. The summed E-state index contributed by atoms with van der Waals surface area (Å²) in [5.74, 6) is -2.84. The van der Waals surface area contributed by atoms with E-state index in [0.29, 0.717) is 13.0 Å². The van der Waals surface area contributed by atoms with Crippen LogP contribution in [0.4, 0.5) is 19.3 Å². The van der Waals surface area contributed by atoms with E-state index < -0.39 is 39.9 Å². The van der Waals surface area contributed by atoms with E-state index in [-0.39, 0.29) is 24.9 Å². The Balaban J connectivity index is 2.14. The van der Waals surface area contributed by atoms with Crippen molar-refractivity contribution in [3.05, 3.63) is 28.3 Å². The van der Waals surface area contributed by atoms with Crippen LogP contribution < -0.4 is 10.2 Å². The Morgan fingerprint density at radius 3 is 2.63 bits per heavy atom. The summed E-state index contributed by atoms with van der Waals surface area (Å²) >= 11 is 5.99. The lowest BCUT2D eigenvalue weighted by atomic mass is 10.1. The fourth-order valence-electron chi connectivity index (χ4n) is 2.79. The molecule has 27 heavy (non-hydrogen) atoms. The molecule has 1 aliphatic rings. The third-order valence-corrected chi connectivity index (χ3v) is 4.20. The first kappa shape index (κ1) is 21.2. The molecule has 0 aliphatic carbocycles. The van der Waals surface area contributed by atoms with Crippen molar-refractivity contribution in [3.8, 4) is 0 Å². The number of amides is 1. The number of rotatable bonds is 4. The van der Waals surface area contributed by atoms with Crippen molar-refractivity contribution in [2.75, 3.05) is 24.6 Å². The largest absolute Gasteiger partial charge is 0.462 e. The highest BCUT2D eigenvalue weighted by Gasteiger charge is 2.31. The first-order valence-electron chi connectivity index (χ1n) is 8.62. The topological polar surface area (TPSA) is 67.9 Å². The first-order chi connectivity index (χ1) is 12.5. The van der Waals surface area contributed by atoms with Gasteiger partial charge in [-0.2, -0.15) is 0 Å². The van der Waals surface area contributed by atoms with Crippen LogP contribution in [-0.4, -0.2) is 43.4 Å². The molecule has 1 aromatic carbocycles. The molecular weight excluding hydrogens is 382 g/mol. The lowest BCUT2D eigenvalue weighted by Gasteiger charge is -2.23. The van der Waals surface area contributed by atoms with Crippen LogP contribution in [-0.2, 0) is 9.47 Å². The second-order valence-electron chi connectivity index (χ2n) is 7.18. The highest BCUT2D eigenvalue weighted by atomic mass is 35.5. The maximum Gasteiger partial charge on any atom is 0.407 e. The maximum atomic E-state index is 14.5. The highest BCUT2D eigenvalue weighted by Crippen LogP contribution is 2.35. The van der Waals surface area contributed by atoms with Crippen molar-refractivity contribution in [2.24, 2.45) is 0 Å². The van der Waals surface area contributed by atoms with Crippen LogP contribution in [0.3, 0.4) is 0 Å². The average Bonchev–Trinajstić information content (AvgIpc) is 2.97. The Hall–Kier alpha value is -2.09. The Labute approximate surface area is 161 Å². The number of halogens is 3. The molecule has 1 amide bonds. The van der Waals surface area contributed by atoms with Gasteiger partial charge < -0.3 is 19.7 Å². The molecule has 9 heteroatoms. The zero-order valence-corrected chi connectivity index (χ0v) is 16.5. The van der Waals surface area contributed by atoms with Crippen molar-refractivity contribution in [3.63, 3.8) is 0 Å². The number of nitrogens with zero attached hydrogens (tertiary/aromatic N) is 1. The monoisotopic (exact) mass is 404 g/mol. The summed E-state index contributed by atoms with van der Waals surface area (Å²) in [7, 11) is 0. The van der Waals surface area contributed by atoms with Crippen molar-refractivity contribution in [2.45, 2.75) is 45.8 Å². The summed E-state index contributed by atoms with van der Waals surface area (Å²) in [5, 5.41) is 2.21. The summed E-state index contributed by atoms with van der Waals surface area (Å²) in [5.41, 5.74) is -1.33. The molecule has 0 spiro atoms. The molecule has 1 unspecified atom stereocenters. The van der Waals surface area contributed by atoms with Gasteiger partial charge in [0.25, 0.3) is 0 Å². The Morgan fingerprint density at radius 2 is 2.04 bits per heavy atom. The minimum absolute atomic E-state index is 0.0312. The molecule has 0 radical (unpaired) electrons. The number of alkyl carbamates (subject to hydrolysis) is 1. The van der Waals surface area contributed by atoms with Gasteiger partial charge in [0.2, 0.25) is 0 Å². The number of carbonyl (C=O) groups excluding carboxylic acids is 2. The summed E-state index contributed by atoms with van der Waals surface area (Å²) in [6.07, 6.45) is -0.0688. The number of carbonyl (C=O) groups is 2. The van der Waals surface area contributed by atoms with Gasteiger partial charge in [-0.05, 0) is 40.2 Å². The van der Waals surface area contributed by atoms with Crippen molar-refractivity contribution >= 4 is 29.4 Å². The van der Waals surface area contributed by atoms with Gasteiger partial charge in [0.1, 0.15) is 16.4 Å². The van der Waals surface area contributed by atoms with E-state index in [9.17, 15) is 18.4 Å². The van der Waals surface area contributed by atoms with Crippen molar-refractivity contribution in [1.29, 1.82) is 0 Å². The normalized spacial score (nSPS) is 17.0. The predicted octanol–water partition coefficient (Wildman–Crippen LogP) is 3.90. The Bertz CT molecular complexity index is 737. The Kier molecular flexibility index (Phi) is 6.51. The molecule has 1 atom stereocenters. The third kappa shape index (κ3) is 5.22. The second kappa shape index (κ2) is 8.29. The van der Waals surface area contributed by atoms with Gasteiger partial charge in [-0.3, -0.25) is 0 Å². The molecule has 1 N–H and O–H groups in total. The first-order valence-corrected chi connectivity index (χ1v) is 9.00. The molecule has 6 nitrogen and oxygen atoms in total. The second-order valence-corrected chi connectivity index (χ2v) is 7.56. The molecule has 1 heterocycles. The molecule has 150 valence electrons. The van der Waals surface area contributed by atoms with Crippen LogP contribution in [0.25, 0.3) is 0 Å². The van der Waals surface area contributed by atoms with Crippen LogP contribution in [0, 0.1) is 11.6 Å². The molecule has 1 fully saturated rings. The van der Waals surface area contributed by atoms with E-state index in [1.165, 1.54) is 4.90 Å². The average molecular weight is 405 g/mol.